The Kier molecular flexibility index (Phi) is 3.95. The Morgan fingerprint density at radius 1 is 1.38 bits per heavy atom. The summed E-state index contributed by atoms with van der Waals surface area (Å²) in [5.41, 5.74) is 1.85. The number of para-hydroxylation sites is 1. The molecule has 1 N–H and O–H groups in total. The Bertz CT molecular complexity index is 654. The lowest BCUT2D eigenvalue weighted by Gasteiger charge is -2.10. The third kappa shape index (κ3) is 2.80. The number of benzene rings is 1. The van der Waals surface area contributed by atoms with Crippen molar-refractivity contribution in [2.75, 3.05) is 0 Å². The average molecular weight is 286 g/mol. The Labute approximate surface area is 124 Å². The van der Waals surface area contributed by atoms with Crippen LogP contribution in [-0.4, -0.2) is 20.6 Å². The van der Waals surface area contributed by atoms with E-state index in [1.54, 1.807) is 12.1 Å². The van der Waals surface area contributed by atoms with Gasteiger partial charge in [0, 0.05) is 6.54 Å². The molecule has 3 rings (SSSR count). The summed E-state index contributed by atoms with van der Waals surface area (Å²) in [7, 11) is 0. The first-order valence-electron chi connectivity index (χ1n) is 7.86. The molecule has 1 heterocycles. The van der Waals surface area contributed by atoms with Gasteiger partial charge < -0.3 is 9.67 Å². The van der Waals surface area contributed by atoms with Gasteiger partial charge in [-0.05, 0) is 37.8 Å². The highest BCUT2D eigenvalue weighted by atomic mass is 16.4. The summed E-state index contributed by atoms with van der Waals surface area (Å²) < 4.78 is 2.16. The first kappa shape index (κ1) is 14.1. The summed E-state index contributed by atoms with van der Waals surface area (Å²) in [6.07, 6.45) is 7.96. The molecular formula is C17H22N2O2. The lowest BCUT2D eigenvalue weighted by Crippen LogP contribution is -2.03. The second-order valence-corrected chi connectivity index (χ2v) is 6.08. The van der Waals surface area contributed by atoms with Gasteiger partial charge in [0.2, 0.25) is 0 Å². The lowest BCUT2D eigenvalue weighted by molar-refractivity contribution is 0.0699. The van der Waals surface area contributed by atoms with E-state index >= 15 is 0 Å². The summed E-state index contributed by atoms with van der Waals surface area (Å²) >= 11 is 0. The van der Waals surface area contributed by atoms with Gasteiger partial charge in [0.15, 0.2) is 0 Å². The summed E-state index contributed by atoms with van der Waals surface area (Å²) in [5, 5.41) is 9.25. The van der Waals surface area contributed by atoms with Crippen LogP contribution in [0.5, 0.6) is 0 Å². The smallest absolute Gasteiger partial charge is 0.337 e. The minimum absolute atomic E-state index is 0.296. The number of carboxylic acid groups (broad SMARTS) is 1. The fourth-order valence-electron chi connectivity index (χ4n) is 3.56. The zero-order valence-corrected chi connectivity index (χ0v) is 12.5. The molecule has 1 aliphatic rings. The van der Waals surface area contributed by atoms with Crippen molar-refractivity contribution in [3.8, 4) is 0 Å². The SMILES string of the molecule is Cc1nc2c(C(=O)O)cccc2n1CCCC1CCCC1. The van der Waals surface area contributed by atoms with E-state index in [-0.39, 0.29) is 0 Å². The fraction of sp³-hybridized carbons (Fsp3) is 0.529. The summed E-state index contributed by atoms with van der Waals surface area (Å²) in [6.45, 7) is 2.89. The molecule has 4 nitrogen and oxygen atoms in total. The van der Waals surface area contributed by atoms with Gasteiger partial charge in [0.1, 0.15) is 11.3 Å². The molecule has 1 saturated carbocycles. The van der Waals surface area contributed by atoms with Crippen LogP contribution in [0, 0.1) is 12.8 Å². The number of carboxylic acids is 1. The van der Waals surface area contributed by atoms with Crippen LogP contribution in [0.4, 0.5) is 0 Å². The highest BCUT2D eigenvalue weighted by molar-refractivity contribution is 6.01. The van der Waals surface area contributed by atoms with Crippen molar-refractivity contribution in [3.63, 3.8) is 0 Å². The topological polar surface area (TPSA) is 55.1 Å². The van der Waals surface area contributed by atoms with E-state index in [1.807, 2.05) is 13.0 Å². The lowest BCUT2D eigenvalue weighted by atomic mass is 10.0. The van der Waals surface area contributed by atoms with Crippen LogP contribution in [0.25, 0.3) is 11.0 Å². The second kappa shape index (κ2) is 5.88. The van der Waals surface area contributed by atoms with Crippen LogP contribution in [-0.2, 0) is 6.54 Å². The Morgan fingerprint density at radius 3 is 2.86 bits per heavy atom. The number of carbonyl (C=O) groups is 1. The molecule has 0 saturated heterocycles. The Balaban J connectivity index is 1.79. The molecule has 0 radical (unpaired) electrons. The highest BCUT2D eigenvalue weighted by Crippen LogP contribution is 2.29. The highest BCUT2D eigenvalue weighted by Gasteiger charge is 2.17. The third-order valence-electron chi connectivity index (χ3n) is 4.67. The normalized spacial score (nSPS) is 15.9. The number of aromatic nitrogens is 2. The second-order valence-electron chi connectivity index (χ2n) is 6.08. The molecule has 112 valence electrons. The molecule has 1 aromatic heterocycles. The number of imidazole rings is 1. The van der Waals surface area contributed by atoms with Gasteiger partial charge in [0.05, 0.1) is 11.1 Å². The van der Waals surface area contributed by atoms with Gasteiger partial charge in [-0.25, -0.2) is 9.78 Å². The van der Waals surface area contributed by atoms with Gasteiger partial charge in [-0.2, -0.15) is 0 Å². The van der Waals surface area contributed by atoms with Gasteiger partial charge in [-0.1, -0.05) is 31.7 Å². The van der Waals surface area contributed by atoms with Gasteiger partial charge >= 0.3 is 5.97 Å². The zero-order chi connectivity index (χ0) is 14.8. The molecule has 0 atom stereocenters. The van der Waals surface area contributed by atoms with Crippen molar-refractivity contribution >= 4 is 17.0 Å². The van der Waals surface area contributed by atoms with E-state index in [9.17, 15) is 9.90 Å². The van der Waals surface area contributed by atoms with Crippen LogP contribution < -0.4 is 0 Å². The number of rotatable bonds is 5. The molecule has 1 fully saturated rings. The standard InChI is InChI=1S/C17H22N2O2/c1-12-18-16-14(17(20)21)9-4-10-15(16)19(12)11-5-8-13-6-2-3-7-13/h4,9-10,13H,2-3,5-8,11H2,1H3,(H,20,21). The fourth-order valence-corrected chi connectivity index (χ4v) is 3.56. The van der Waals surface area contributed by atoms with E-state index < -0.39 is 5.97 Å². The van der Waals surface area contributed by atoms with Crippen molar-refractivity contribution < 1.29 is 9.90 Å². The monoisotopic (exact) mass is 286 g/mol. The third-order valence-corrected chi connectivity index (χ3v) is 4.67. The molecule has 0 spiro atoms. The van der Waals surface area contributed by atoms with Crippen LogP contribution in [0.3, 0.4) is 0 Å². The molecule has 1 aromatic carbocycles. The van der Waals surface area contributed by atoms with Crippen LogP contribution in [0.2, 0.25) is 0 Å². The number of fused-ring (bicyclic) bond motifs is 1. The van der Waals surface area contributed by atoms with Gasteiger partial charge in [-0.3, -0.25) is 0 Å². The molecule has 1 aliphatic carbocycles. The number of hydrogen-bond acceptors (Lipinski definition) is 2. The predicted molar refractivity (Wildman–Crippen MR) is 82.6 cm³/mol. The predicted octanol–water partition coefficient (Wildman–Crippen LogP) is 4.01. The maximum absolute atomic E-state index is 11.3. The molecule has 4 heteroatoms. The van der Waals surface area contributed by atoms with Gasteiger partial charge in [-0.15, -0.1) is 0 Å². The van der Waals surface area contributed by atoms with E-state index in [4.69, 9.17) is 0 Å². The molecule has 0 bridgehead atoms. The average Bonchev–Trinajstić information content (AvgIpc) is 3.07. The van der Waals surface area contributed by atoms with E-state index in [0.717, 1.165) is 30.2 Å². The quantitative estimate of drug-likeness (QED) is 0.903. The van der Waals surface area contributed by atoms with Gasteiger partial charge in [0.25, 0.3) is 0 Å². The molecular weight excluding hydrogens is 264 g/mol. The molecule has 2 aromatic rings. The number of aryl methyl sites for hydroxylation is 2. The van der Waals surface area contributed by atoms with Crippen molar-refractivity contribution in [3.05, 3.63) is 29.6 Å². The van der Waals surface area contributed by atoms with Crippen molar-refractivity contribution in [1.29, 1.82) is 0 Å². The van der Waals surface area contributed by atoms with E-state index in [0.29, 0.717) is 11.1 Å². The molecule has 21 heavy (non-hydrogen) atoms. The van der Waals surface area contributed by atoms with Crippen molar-refractivity contribution in [1.82, 2.24) is 9.55 Å². The molecule has 0 unspecified atom stereocenters. The minimum Gasteiger partial charge on any atom is -0.478 e. The minimum atomic E-state index is -0.906. The number of hydrogen-bond donors (Lipinski definition) is 1. The van der Waals surface area contributed by atoms with Crippen molar-refractivity contribution in [2.45, 2.75) is 52.0 Å². The zero-order valence-electron chi connectivity index (χ0n) is 12.5. The maximum Gasteiger partial charge on any atom is 0.337 e. The van der Waals surface area contributed by atoms with Crippen LogP contribution >= 0.6 is 0 Å². The first-order chi connectivity index (χ1) is 10.2. The number of nitrogens with zero attached hydrogens (tertiary/aromatic N) is 2. The number of aromatic carboxylic acids is 1. The largest absolute Gasteiger partial charge is 0.478 e. The van der Waals surface area contributed by atoms with E-state index in [1.165, 1.54) is 32.1 Å². The summed E-state index contributed by atoms with van der Waals surface area (Å²) in [6, 6.07) is 5.40. The Morgan fingerprint density at radius 2 is 2.14 bits per heavy atom. The first-order valence-corrected chi connectivity index (χ1v) is 7.86. The van der Waals surface area contributed by atoms with E-state index in [2.05, 4.69) is 9.55 Å². The molecule has 0 amide bonds. The summed E-state index contributed by atoms with van der Waals surface area (Å²) in [4.78, 5) is 15.7. The Hall–Kier alpha value is -1.84. The molecule has 0 aliphatic heterocycles. The van der Waals surface area contributed by atoms with Crippen LogP contribution in [0.1, 0.15) is 54.7 Å². The van der Waals surface area contributed by atoms with Crippen LogP contribution in [0.15, 0.2) is 18.2 Å². The maximum atomic E-state index is 11.3. The van der Waals surface area contributed by atoms with Crippen molar-refractivity contribution in [2.24, 2.45) is 5.92 Å². The summed E-state index contributed by atoms with van der Waals surface area (Å²) in [5.74, 6) is 0.899.